The van der Waals surface area contributed by atoms with Crippen LogP contribution in [0.2, 0.25) is 0 Å². The summed E-state index contributed by atoms with van der Waals surface area (Å²) in [5.74, 6) is 3.37. The molecule has 110 valence electrons. The minimum Gasteiger partial charge on any atom is -0.321 e. The summed E-state index contributed by atoms with van der Waals surface area (Å²) in [7, 11) is 0. The van der Waals surface area contributed by atoms with Gasteiger partial charge in [-0.3, -0.25) is 26.1 Å². The van der Waals surface area contributed by atoms with Crippen LogP contribution in [0.25, 0.3) is 0 Å². The Morgan fingerprint density at radius 3 is 2.76 bits per heavy atom. The standard InChI is InChI=1S/C10H7BrFN5O3S/c11-8-3-14-10(21-8)15-9(18)4-1-6(16-13)5(12)2-7(4)17(19)20/h1-3,16H,13H2,(H,14,15,18). The van der Waals surface area contributed by atoms with E-state index in [9.17, 15) is 19.3 Å². The van der Waals surface area contributed by atoms with Crippen molar-refractivity contribution in [1.82, 2.24) is 4.98 Å². The zero-order valence-electron chi connectivity index (χ0n) is 10.1. The first kappa shape index (κ1) is 15.3. The van der Waals surface area contributed by atoms with Crippen LogP contribution in [-0.2, 0) is 0 Å². The van der Waals surface area contributed by atoms with Crippen LogP contribution >= 0.6 is 27.3 Å². The predicted octanol–water partition coefficient (Wildman–Crippen LogP) is 2.49. The van der Waals surface area contributed by atoms with Crippen molar-refractivity contribution in [2.24, 2.45) is 5.84 Å². The highest BCUT2D eigenvalue weighted by Gasteiger charge is 2.24. The van der Waals surface area contributed by atoms with Crippen molar-refractivity contribution in [3.8, 4) is 0 Å². The van der Waals surface area contributed by atoms with Crippen LogP contribution in [0, 0.1) is 15.9 Å². The number of nitrogens with zero attached hydrogens (tertiary/aromatic N) is 2. The lowest BCUT2D eigenvalue weighted by Crippen LogP contribution is -2.16. The summed E-state index contributed by atoms with van der Waals surface area (Å²) in [5, 5.41) is 13.6. The van der Waals surface area contributed by atoms with Gasteiger partial charge in [-0.2, -0.15) is 0 Å². The number of hydrazine groups is 1. The second-order valence-electron chi connectivity index (χ2n) is 3.67. The number of halogens is 2. The van der Waals surface area contributed by atoms with Gasteiger partial charge in [0.1, 0.15) is 5.56 Å². The van der Waals surface area contributed by atoms with Gasteiger partial charge in [-0.15, -0.1) is 0 Å². The molecule has 11 heteroatoms. The molecule has 4 N–H and O–H groups in total. The van der Waals surface area contributed by atoms with Crippen molar-refractivity contribution in [3.05, 3.63) is 43.6 Å². The fourth-order valence-corrected chi connectivity index (χ4v) is 2.58. The van der Waals surface area contributed by atoms with E-state index in [4.69, 9.17) is 5.84 Å². The molecule has 0 fully saturated rings. The van der Waals surface area contributed by atoms with Crippen molar-refractivity contribution in [1.29, 1.82) is 0 Å². The maximum atomic E-state index is 13.5. The third kappa shape index (κ3) is 3.32. The van der Waals surface area contributed by atoms with E-state index in [1.807, 2.05) is 5.43 Å². The van der Waals surface area contributed by atoms with Gasteiger partial charge in [-0.25, -0.2) is 9.37 Å². The van der Waals surface area contributed by atoms with Gasteiger partial charge in [0.15, 0.2) is 10.9 Å². The maximum absolute atomic E-state index is 13.5. The molecule has 1 aromatic heterocycles. The SMILES string of the molecule is NNc1cc(C(=O)Nc2ncc(Br)s2)c([N+](=O)[O-])cc1F. The molecule has 1 aromatic carbocycles. The molecule has 0 aliphatic carbocycles. The Labute approximate surface area is 129 Å². The van der Waals surface area contributed by atoms with E-state index in [0.717, 1.165) is 17.4 Å². The van der Waals surface area contributed by atoms with Crippen LogP contribution in [0.5, 0.6) is 0 Å². The second kappa shape index (κ2) is 6.11. The number of hydrogen-bond acceptors (Lipinski definition) is 7. The number of hydrogen-bond donors (Lipinski definition) is 3. The number of rotatable bonds is 4. The normalized spacial score (nSPS) is 10.2. The number of benzene rings is 1. The first-order valence-corrected chi connectivity index (χ1v) is 6.90. The van der Waals surface area contributed by atoms with Crippen molar-refractivity contribution in [2.75, 3.05) is 10.7 Å². The molecule has 8 nitrogen and oxygen atoms in total. The first-order chi connectivity index (χ1) is 9.92. The maximum Gasteiger partial charge on any atom is 0.285 e. The lowest BCUT2D eigenvalue weighted by atomic mass is 10.1. The number of aromatic nitrogens is 1. The van der Waals surface area contributed by atoms with Crippen LogP contribution < -0.4 is 16.6 Å². The highest BCUT2D eigenvalue weighted by atomic mass is 79.9. The second-order valence-corrected chi connectivity index (χ2v) is 6.08. The van der Waals surface area contributed by atoms with Crippen molar-refractivity contribution < 1.29 is 14.1 Å². The number of nitrogen functional groups attached to an aromatic ring is 1. The minimum atomic E-state index is -0.933. The van der Waals surface area contributed by atoms with Gasteiger partial charge in [0.2, 0.25) is 0 Å². The van der Waals surface area contributed by atoms with Gasteiger partial charge in [-0.1, -0.05) is 11.3 Å². The number of nitro benzene ring substituents is 1. The van der Waals surface area contributed by atoms with Crippen molar-refractivity contribution in [2.45, 2.75) is 0 Å². The summed E-state index contributed by atoms with van der Waals surface area (Å²) in [6.07, 6.45) is 1.46. The molecule has 0 bridgehead atoms. The monoisotopic (exact) mass is 375 g/mol. The third-order valence-electron chi connectivity index (χ3n) is 2.38. The first-order valence-electron chi connectivity index (χ1n) is 5.29. The molecule has 0 spiro atoms. The molecule has 2 rings (SSSR count). The molecule has 21 heavy (non-hydrogen) atoms. The summed E-state index contributed by atoms with van der Waals surface area (Å²) < 4.78 is 14.2. The van der Waals surface area contributed by atoms with Gasteiger partial charge in [0.25, 0.3) is 11.6 Å². The van der Waals surface area contributed by atoms with E-state index in [0.29, 0.717) is 9.85 Å². The Hall–Kier alpha value is -2.11. The molecular formula is C10H7BrFN5O3S. The summed E-state index contributed by atoms with van der Waals surface area (Å²) in [4.78, 5) is 26.0. The molecule has 0 unspecified atom stereocenters. The summed E-state index contributed by atoms with van der Waals surface area (Å²) >= 11 is 4.30. The van der Waals surface area contributed by atoms with Crippen LogP contribution in [0.1, 0.15) is 10.4 Å². The van der Waals surface area contributed by atoms with Crippen LogP contribution in [0.3, 0.4) is 0 Å². The Bertz CT molecular complexity index is 723. The molecule has 0 saturated carbocycles. The average Bonchev–Trinajstić information content (AvgIpc) is 2.83. The third-order valence-corrected chi connectivity index (χ3v) is 3.77. The summed E-state index contributed by atoms with van der Waals surface area (Å²) in [6, 6.07) is 1.59. The van der Waals surface area contributed by atoms with Crippen molar-refractivity contribution in [3.63, 3.8) is 0 Å². The number of nitrogens with one attached hydrogen (secondary N) is 2. The van der Waals surface area contributed by atoms with Gasteiger partial charge in [0, 0.05) is 0 Å². The fourth-order valence-electron chi connectivity index (χ4n) is 1.48. The van der Waals surface area contributed by atoms with Crippen LogP contribution in [0.15, 0.2) is 22.1 Å². The smallest absolute Gasteiger partial charge is 0.285 e. The topological polar surface area (TPSA) is 123 Å². The van der Waals surface area contributed by atoms with E-state index in [1.165, 1.54) is 6.20 Å². The molecule has 2 aromatic rings. The Balaban J connectivity index is 2.40. The van der Waals surface area contributed by atoms with Gasteiger partial charge < -0.3 is 5.43 Å². The number of anilines is 2. The molecule has 0 aliphatic rings. The molecule has 1 amide bonds. The summed E-state index contributed by atoms with van der Waals surface area (Å²) in [6.45, 7) is 0. The molecule has 0 saturated heterocycles. The number of carbonyl (C=O) groups excluding carboxylic acids is 1. The summed E-state index contributed by atoms with van der Waals surface area (Å²) in [5.41, 5.74) is 0.796. The van der Waals surface area contributed by atoms with E-state index in [2.05, 4.69) is 26.2 Å². The van der Waals surface area contributed by atoms with E-state index in [-0.39, 0.29) is 16.4 Å². The molecule has 0 atom stereocenters. The van der Waals surface area contributed by atoms with Crippen molar-refractivity contribution >= 4 is 49.7 Å². The highest BCUT2D eigenvalue weighted by molar-refractivity contribution is 9.11. The Kier molecular flexibility index (Phi) is 4.45. The number of nitrogens with two attached hydrogens (primary N) is 1. The van der Waals surface area contributed by atoms with Crippen LogP contribution in [0.4, 0.5) is 20.9 Å². The van der Waals surface area contributed by atoms with E-state index >= 15 is 0 Å². The Morgan fingerprint density at radius 2 is 2.24 bits per heavy atom. The molecule has 0 aliphatic heterocycles. The molecule has 0 radical (unpaired) electrons. The lowest BCUT2D eigenvalue weighted by Gasteiger charge is -2.07. The van der Waals surface area contributed by atoms with Crippen LogP contribution in [-0.4, -0.2) is 15.8 Å². The zero-order valence-corrected chi connectivity index (χ0v) is 12.5. The lowest BCUT2D eigenvalue weighted by molar-refractivity contribution is -0.385. The number of nitro groups is 1. The van der Waals surface area contributed by atoms with Gasteiger partial charge >= 0.3 is 0 Å². The Morgan fingerprint density at radius 1 is 1.52 bits per heavy atom. The van der Waals surface area contributed by atoms with Gasteiger partial charge in [-0.05, 0) is 22.0 Å². The quantitative estimate of drug-likeness (QED) is 0.428. The number of amides is 1. The molecule has 1 heterocycles. The molecular weight excluding hydrogens is 369 g/mol. The minimum absolute atomic E-state index is 0.230. The van der Waals surface area contributed by atoms with Gasteiger partial charge in [0.05, 0.1) is 26.7 Å². The largest absolute Gasteiger partial charge is 0.321 e. The number of thiazole rings is 1. The zero-order chi connectivity index (χ0) is 15.6. The highest BCUT2D eigenvalue weighted by Crippen LogP contribution is 2.28. The van der Waals surface area contributed by atoms with E-state index < -0.39 is 22.3 Å². The fraction of sp³-hybridized carbons (Fsp3) is 0. The predicted molar refractivity (Wildman–Crippen MR) is 78.6 cm³/mol. The number of carbonyl (C=O) groups is 1. The van der Waals surface area contributed by atoms with E-state index in [1.54, 1.807) is 0 Å². The average molecular weight is 376 g/mol.